The number of rotatable bonds is 5. The Labute approximate surface area is 132 Å². The molecule has 1 aromatic rings. The highest BCUT2D eigenvalue weighted by atomic mass is 32.1. The second-order valence-electron chi connectivity index (χ2n) is 6.63. The van der Waals surface area contributed by atoms with Gasteiger partial charge < -0.3 is 4.74 Å². The van der Waals surface area contributed by atoms with Crippen LogP contribution in [0.5, 0.6) is 0 Å². The van der Waals surface area contributed by atoms with Crippen LogP contribution in [0.15, 0.2) is 17.5 Å². The number of carbonyl (C=O) groups is 1. The molecular formula is C17H27NO2S. The number of methoxy groups -OCH3 is 1. The monoisotopic (exact) mass is 309 g/mol. The van der Waals surface area contributed by atoms with Crippen LogP contribution in [0, 0.1) is 17.8 Å². The molecule has 3 nitrogen and oxygen atoms in total. The molecule has 2 rings (SSSR count). The van der Waals surface area contributed by atoms with Crippen molar-refractivity contribution in [2.24, 2.45) is 17.8 Å². The van der Waals surface area contributed by atoms with E-state index in [2.05, 4.69) is 43.6 Å². The van der Waals surface area contributed by atoms with E-state index < -0.39 is 5.54 Å². The number of esters is 1. The molecule has 1 N–H and O–H groups in total. The zero-order chi connectivity index (χ0) is 15.5. The van der Waals surface area contributed by atoms with Gasteiger partial charge in [-0.3, -0.25) is 10.1 Å². The number of ether oxygens (including phenoxy) is 1. The Kier molecular flexibility index (Phi) is 5.44. The second kappa shape index (κ2) is 6.93. The van der Waals surface area contributed by atoms with E-state index in [1.165, 1.54) is 18.4 Å². The number of nitrogens with one attached hydrogen (secondary N) is 1. The molecule has 118 valence electrons. The lowest BCUT2D eigenvalue weighted by atomic mass is 9.65. The second-order valence-corrected chi connectivity index (χ2v) is 7.67. The van der Waals surface area contributed by atoms with Crippen molar-refractivity contribution in [3.63, 3.8) is 0 Å². The zero-order valence-corrected chi connectivity index (χ0v) is 14.3. The topological polar surface area (TPSA) is 38.3 Å². The van der Waals surface area contributed by atoms with E-state index in [0.29, 0.717) is 17.8 Å². The number of carbonyl (C=O) groups excluding carboxylic acids is 1. The molecule has 4 heteroatoms. The first-order valence-electron chi connectivity index (χ1n) is 7.85. The summed E-state index contributed by atoms with van der Waals surface area (Å²) in [5, 5.41) is 5.66. The highest BCUT2D eigenvalue weighted by Gasteiger charge is 2.50. The lowest BCUT2D eigenvalue weighted by Gasteiger charge is -2.46. The van der Waals surface area contributed by atoms with Crippen molar-refractivity contribution in [1.82, 2.24) is 5.32 Å². The smallest absolute Gasteiger partial charge is 0.326 e. The molecule has 1 aliphatic carbocycles. The van der Waals surface area contributed by atoms with Crippen molar-refractivity contribution in [2.45, 2.75) is 52.1 Å². The SMILES string of the molecule is COC(=O)C1(NCc2cccs2)CC(C)CCC1C(C)C. The van der Waals surface area contributed by atoms with Crippen LogP contribution in [0.1, 0.15) is 44.9 Å². The maximum Gasteiger partial charge on any atom is 0.326 e. The first-order valence-corrected chi connectivity index (χ1v) is 8.73. The minimum Gasteiger partial charge on any atom is -0.468 e. The van der Waals surface area contributed by atoms with Gasteiger partial charge in [-0.05, 0) is 42.0 Å². The van der Waals surface area contributed by atoms with Crippen LogP contribution in [-0.4, -0.2) is 18.6 Å². The lowest BCUT2D eigenvalue weighted by molar-refractivity contribution is -0.155. The Morgan fingerprint density at radius 1 is 1.52 bits per heavy atom. The van der Waals surface area contributed by atoms with Crippen LogP contribution in [0.4, 0.5) is 0 Å². The maximum atomic E-state index is 12.6. The van der Waals surface area contributed by atoms with Crippen molar-refractivity contribution in [2.75, 3.05) is 7.11 Å². The standard InChI is InChI=1S/C17H27NO2S/c1-12(2)15-8-7-13(3)10-17(15,16(19)20-4)18-11-14-6-5-9-21-14/h5-6,9,12-13,15,18H,7-8,10-11H2,1-4H3. The molecule has 0 aliphatic heterocycles. The van der Waals surface area contributed by atoms with Gasteiger partial charge in [0.05, 0.1) is 7.11 Å². The summed E-state index contributed by atoms with van der Waals surface area (Å²) in [5.74, 6) is 1.26. The molecule has 1 heterocycles. The third-order valence-electron chi connectivity index (χ3n) is 4.79. The molecule has 0 amide bonds. The Balaban J connectivity index is 2.26. The van der Waals surface area contributed by atoms with Gasteiger partial charge in [-0.25, -0.2) is 0 Å². The predicted molar refractivity (Wildman–Crippen MR) is 87.2 cm³/mol. The van der Waals surface area contributed by atoms with E-state index >= 15 is 0 Å². The summed E-state index contributed by atoms with van der Waals surface area (Å²) in [6.07, 6.45) is 3.15. The Hall–Kier alpha value is -0.870. The van der Waals surface area contributed by atoms with Crippen LogP contribution in [0.2, 0.25) is 0 Å². The summed E-state index contributed by atoms with van der Waals surface area (Å²) in [5.41, 5.74) is -0.537. The van der Waals surface area contributed by atoms with Gasteiger partial charge in [-0.1, -0.05) is 33.3 Å². The molecule has 1 saturated carbocycles. The van der Waals surface area contributed by atoms with E-state index in [0.717, 1.165) is 19.4 Å². The van der Waals surface area contributed by atoms with Crippen molar-refractivity contribution >= 4 is 17.3 Å². The molecule has 3 unspecified atom stereocenters. The van der Waals surface area contributed by atoms with E-state index in [-0.39, 0.29) is 5.97 Å². The van der Waals surface area contributed by atoms with Crippen molar-refractivity contribution in [1.29, 1.82) is 0 Å². The van der Waals surface area contributed by atoms with Crippen LogP contribution >= 0.6 is 11.3 Å². The average Bonchev–Trinajstić information content (AvgIpc) is 2.97. The van der Waals surface area contributed by atoms with Gasteiger partial charge in [0.1, 0.15) is 5.54 Å². The van der Waals surface area contributed by atoms with Crippen molar-refractivity contribution in [3.05, 3.63) is 22.4 Å². The van der Waals surface area contributed by atoms with Gasteiger partial charge in [-0.15, -0.1) is 11.3 Å². The maximum absolute atomic E-state index is 12.6. The summed E-state index contributed by atoms with van der Waals surface area (Å²) in [6, 6.07) is 4.16. The molecule has 1 aliphatic rings. The fraction of sp³-hybridized carbons (Fsp3) is 0.706. The average molecular weight is 309 g/mol. The van der Waals surface area contributed by atoms with Crippen LogP contribution in [0.3, 0.4) is 0 Å². The minimum absolute atomic E-state index is 0.0932. The molecule has 0 radical (unpaired) electrons. The molecular weight excluding hydrogens is 282 g/mol. The number of hydrogen-bond acceptors (Lipinski definition) is 4. The molecule has 0 aromatic carbocycles. The Bertz CT molecular complexity index is 457. The number of hydrogen-bond donors (Lipinski definition) is 1. The zero-order valence-electron chi connectivity index (χ0n) is 13.5. The summed E-state index contributed by atoms with van der Waals surface area (Å²) >= 11 is 1.73. The number of thiophene rings is 1. The molecule has 1 fully saturated rings. The summed E-state index contributed by atoms with van der Waals surface area (Å²) in [7, 11) is 1.51. The van der Waals surface area contributed by atoms with Crippen LogP contribution < -0.4 is 5.32 Å². The lowest BCUT2D eigenvalue weighted by Crippen LogP contribution is -2.61. The first-order chi connectivity index (χ1) is 9.99. The van der Waals surface area contributed by atoms with Gasteiger partial charge in [0.15, 0.2) is 0 Å². The van der Waals surface area contributed by atoms with Crippen LogP contribution in [0.25, 0.3) is 0 Å². The Morgan fingerprint density at radius 3 is 2.86 bits per heavy atom. The largest absolute Gasteiger partial charge is 0.468 e. The van der Waals surface area contributed by atoms with Crippen molar-refractivity contribution < 1.29 is 9.53 Å². The third kappa shape index (κ3) is 3.49. The molecule has 0 saturated heterocycles. The summed E-state index contributed by atoms with van der Waals surface area (Å²) in [4.78, 5) is 13.9. The van der Waals surface area contributed by atoms with Gasteiger partial charge in [0, 0.05) is 11.4 Å². The fourth-order valence-corrected chi connectivity index (χ4v) is 4.41. The van der Waals surface area contributed by atoms with Crippen molar-refractivity contribution in [3.8, 4) is 0 Å². The van der Waals surface area contributed by atoms with Crippen LogP contribution in [-0.2, 0) is 16.1 Å². The van der Waals surface area contributed by atoms with E-state index in [1.54, 1.807) is 11.3 Å². The van der Waals surface area contributed by atoms with Gasteiger partial charge in [-0.2, -0.15) is 0 Å². The molecule has 21 heavy (non-hydrogen) atoms. The van der Waals surface area contributed by atoms with Gasteiger partial charge in [0.2, 0.25) is 0 Å². The van der Waals surface area contributed by atoms with Gasteiger partial charge in [0.25, 0.3) is 0 Å². The Morgan fingerprint density at radius 2 is 2.29 bits per heavy atom. The predicted octanol–water partition coefficient (Wildman–Crippen LogP) is 3.84. The highest BCUT2D eigenvalue weighted by molar-refractivity contribution is 7.09. The highest BCUT2D eigenvalue weighted by Crippen LogP contribution is 2.42. The minimum atomic E-state index is -0.537. The summed E-state index contributed by atoms with van der Waals surface area (Å²) < 4.78 is 5.19. The normalized spacial score (nSPS) is 29.6. The molecule has 3 atom stereocenters. The quantitative estimate of drug-likeness (QED) is 0.840. The fourth-order valence-electron chi connectivity index (χ4n) is 3.77. The van der Waals surface area contributed by atoms with E-state index in [4.69, 9.17) is 4.74 Å². The molecule has 0 bridgehead atoms. The van der Waals surface area contributed by atoms with E-state index in [9.17, 15) is 4.79 Å². The van der Waals surface area contributed by atoms with E-state index in [1.807, 2.05) is 0 Å². The molecule has 0 spiro atoms. The van der Waals surface area contributed by atoms with Gasteiger partial charge >= 0.3 is 5.97 Å². The third-order valence-corrected chi connectivity index (χ3v) is 5.66. The molecule has 1 aromatic heterocycles. The first kappa shape index (κ1) is 16.5. The summed E-state index contributed by atoms with van der Waals surface area (Å²) in [6.45, 7) is 7.40.